The normalized spacial score (nSPS) is 15.9. The molecule has 10 heteroatoms. The minimum absolute atomic E-state index is 0.0168. The van der Waals surface area contributed by atoms with Gasteiger partial charge in [-0.25, -0.2) is 15.0 Å². The quantitative estimate of drug-likeness (QED) is 0.272. The van der Waals surface area contributed by atoms with E-state index in [0.29, 0.717) is 29.9 Å². The smallest absolute Gasteiger partial charge is 0.242 e. The second kappa shape index (κ2) is 12.6. The van der Waals surface area contributed by atoms with Crippen LogP contribution < -0.4 is 10.6 Å². The number of methoxy groups -OCH3 is 1. The van der Waals surface area contributed by atoms with Crippen LogP contribution >= 0.6 is 0 Å². The molecule has 1 aliphatic heterocycles. The first-order chi connectivity index (χ1) is 18.5. The molecule has 0 radical (unpaired) electrons. The van der Waals surface area contributed by atoms with Crippen molar-refractivity contribution in [2.45, 2.75) is 59.4 Å². The summed E-state index contributed by atoms with van der Waals surface area (Å²) in [6, 6.07) is 1.77. The van der Waals surface area contributed by atoms with Crippen molar-refractivity contribution >= 4 is 34.5 Å². The second-order valence-electron chi connectivity index (χ2n) is 9.33. The number of ether oxygens (including phenoxy) is 1. The highest BCUT2D eigenvalue weighted by molar-refractivity contribution is 6.05. The average molecular weight is 519 g/mol. The lowest BCUT2D eigenvalue weighted by Gasteiger charge is -2.32. The maximum absolute atomic E-state index is 13.3. The fraction of sp³-hybridized carbons (Fsp3) is 0.464. The first-order valence-electron chi connectivity index (χ1n) is 13.4. The third-order valence-corrected chi connectivity index (χ3v) is 6.85. The second-order valence-corrected chi connectivity index (χ2v) is 9.33. The van der Waals surface area contributed by atoms with Gasteiger partial charge in [0.25, 0.3) is 0 Å². The topological polar surface area (TPSA) is 120 Å². The van der Waals surface area contributed by atoms with Crippen LogP contribution in [0.1, 0.15) is 52.0 Å². The highest BCUT2D eigenvalue weighted by atomic mass is 16.5. The van der Waals surface area contributed by atoms with Crippen molar-refractivity contribution < 1.29 is 9.53 Å². The van der Waals surface area contributed by atoms with E-state index >= 15 is 0 Å². The van der Waals surface area contributed by atoms with Crippen LogP contribution in [0.2, 0.25) is 0 Å². The van der Waals surface area contributed by atoms with E-state index in [0.717, 1.165) is 60.1 Å². The number of fused-ring (bicyclic) bond motifs is 1. The Morgan fingerprint density at radius 1 is 1.24 bits per heavy atom. The third-order valence-electron chi connectivity index (χ3n) is 6.85. The number of carbonyl (C=O) groups is 1. The molecule has 4 rings (SSSR count). The number of aromatic nitrogens is 4. The summed E-state index contributed by atoms with van der Waals surface area (Å²) >= 11 is 0. The number of aromatic amines is 1. The maximum Gasteiger partial charge on any atom is 0.242 e. The molecule has 3 aromatic heterocycles. The number of aliphatic imine (C=N–C) groups is 1. The molecule has 1 aliphatic rings. The molecule has 202 valence electrons. The number of nitrogens with zero attached hydrogens (tertiary/aromatic N) is 5. The molecule has 0 saturated carbocycles. The largest absolute Gasteiger partial charge is 0.480 e. The summed E-state index contributed by atoms with van der Waals surface area (Å²) in [5, 5.41) is 7.24. The van der Waals surface area contributed by atoms with Gasteiger partial charge >= 0.3 is 0 Å². The Balaban J connectivity index is 1.62. The number of hydrogen-bond acceptors (Lipinski definition) is 8. The summed E-state index contributed by atoms with van der Waals surface area (Å²) in [5.41, 5.74) is 4.06. The van der Waals surface area contributed by atoms with Gasteiger partial charge < -0.3 is 20.4 Å². The molecule has 1 atom stereocenters. The first-order valence-corrected chi connectivity index (χ1v) is 13.4. The van der Waals surface area contributed by atoms with Crippen LogP contribution in [0.3, 0.4) is 0 Å². The Labute approximate surface area is 224 Å². The van der Waals surface area contributed by atoms with Gasteiger partial charge in [0, 0.05) is 36.1 Å². The molecule has 1 unspecified atom stereocenters. The zero-order valence-corrected chi connectivity index (χ0v) is 23.0. The number of anilines is 2. The average Bonchev–Trinajstić information content (AvgIpc) is 3.37. The number of carbonyl (C=O) groups excluding carboxylic acids is 1. The van der Waals surface area contributed by atoms with E-state index in [-0.39, 0.29) is 11.9 Å². The summed E-state index contributed by atoms with van der Waals surface area (Å²) in [6.45, 7) is 10.4. The van der Waals surface area contributed by atoms with E-state index < -0.39 is 0 Å². The number of rotatable bonds is 9. The zero-order chi connectivity index (χ0) is 27.1. The van der Waals surface area contributed by atoms with Crippen LogP contribution in [0.4, 0.5) is 11.8 Å². The lowest BCUT2D eigenvalue weighted by Crippen LogP contribution is -2.46. The molecule has 10 nitrogen and oxygen atoms in total. The SMILES string of the molecule is C/C=C(Nc1ncc(C)c(-c2c[nH]c3c(NC(=O)C(CC)N4CCCCC4)nccc23)n1)\C(=N/CC)OC. The third kappa shape index (κ3) is 5.85. The summed E-state index contributed by atoms with van der Waals surface area (Å²) < 4.78 is 5.42. The molecule has 0 aromatic carbocycles. The molecule has 1 fully saturated rings. The van der Waals surface area contributed by atoms with Gasteiger partial charge in [-0.1, -0.05) is 19.4 Å². The van der Waals surface area contributed by atoms with Crippen LogP contribution in [0.25, 0.3) is 22.2 Å². The van der Waals surface area contributed by atoms with Crippen molar-refractivity contribution in [3.63, 3.8) is 0 Å². The van der Waals surface area contributed by atoms with Gasteiger partial charge in [0.15, 0.2) is 5.82 Å². The Morgan fingerprint density at radius 3 is 2.71 bits per heavy atom. The Hall–Kier alpha value is -3.79. The summed E-state index contributed by atoms with van der Waals surface area (Å²) in [7, 11) is 1.59. The number of pyridine rings is 1. The highest BCUT2D eigenvalue weighted by Gasteiger charge is 2.26. The van der Waals surface area contributed by atoms with Crippen LogP contribution in [0.5, 0.6) is 0 Å². The molecule has 3 N–H and O–H groups in total. The number of amides is 1. The maximum atomic E-state index is 13.3. The van der Waals surface area contributed by atoms with E-state index in [1.807, 2.05) is 39.1 Å². The number of likely N-dealkylation sites (tertiary alicyclic amines) is 1. The van der Waals surface area contributed by atoms with Gasteiger partial charge in [-0.15, -0.1) is 0 Å². The lowest BCUT2D eigenvalue weighted by molar-refractivity contribution is -0.121. The Kier molecular flexibility index (Phi) is 9.06. The molecule has 4 heterocycles. The number of H-pyrrole nitrogens is 1. The van der Waals surface area contributed by atoms with Crippen molar-refractivity contribution in [2.24, 2.45) is 4.99 Å². The summed E-state index contributed by atoms with van der Waals surface area (Å²) in [4.78, 5) is 37.0. The molecule has 1 amide bonds. The Morgan fingerprint density at radius 2 is 2.03 bits per heavy atom. The molecule has 0 bridgehead atoms. The zero-order valence-electron chi connectivity index (χ0n) is 23.0. The van der Waals surface area contributed by atoms with Gasteiger partial charge in [0.2, 0.25) is 17.8 Å². The number of hydrogen-bond donors (Lipinski definition) is 3. The van der Waals surface area contributed by atoms with Gasteiger partial charge in [-0.2, -0.15) is 0 Å². The van der Waals surface area contributed by atoms with Gasteiger partial charge in [0.1, 0.15) is 0 Å². The Bertz CT molecular complexity index is 1320. The first kappa shape index (κ1) is 27.3. The standard InChI is InChI=1S/C28H38N8O2/c1-6-21(27(38-5)29-8-3)33-28-32-16-18(4)23(34-28)20-17-31-24-19(20)12-13-30-25(24)35-26(37)22(7-2)36-14-10-9-11-15-36/h6,12-13,16-17,22,31H,7-11,14-15H2,1-5H3,(H,30,35,37)(H,32,33,34)/b21-6+,29-27+. The van der Waals surface area contributed by atoms with Crippen LogP contribution in [-0.4, -0.2) is 69.4 Å². The van der Waals surface area contributed by atoms with Crippen LogP contribution in [0, 0.1) is 6.92 Å². The summed E-state index contributed by atoms with van der Waals surface area (Å²) in [5.74, 6) is 1.44. The molecule has 3 aromatic rings. The van der Waals surface area contributed by atoms with Crippen molar-refractivity contribution in [1.29, 1.82) is 0 Å². The number of piperidine rings is 1. The van der Waals surface area contributed by atoms with Crippen LogP contribution in [-0.2, 0) is 9.53 Å². The molecule has 0 aliphatic carbocycles. The lowest BCUT2D eigenvalue weighted by atomic mass is 10.1. The minimum atomic E-state index is -0.159. The van der Waals surface area contributed by atoms with Crippen molar-refractivity contribution in [3.8, 4) is 11.3 Å². The molecular formula is C28H38N8O2. The number of aryl methyl sites for hydroxylation is 1. The minimum Gasteiger partial charge on any atom is -0.480 e. The molecule has 38 heavy (non-hydrogen) atoms. The monoisotopic (exact) mass is 518 g/mol. The van der Waals surface area contributed by atoms with Gasteiger partial charge in [-0.05, 0) is 64.8 Å². The van der Waals surface area contributed by atoms with Crippen LogP contribution in [0.15, 0.2) is 41.4 Å². The van der Waals surface area contributed by atoms with Crippen molar-refractivity contribution in [2.75, 3.05) is 37.4 Å². The van der Waals surface area contributed by atoms with E-state index in [2.05, 4.69) is 42.4 Å². The number of nitrogens with one attached hydrogen (secondary N) is 3. The molecule has 0 spiro atoms. The van der Waals surface area contributed by atoms with Crippen molar-refractivity contribution in [3.05, 3.63) is 42.0 Å². The molecule has 1 saturated heterocycles. The predicted molar refractivity (Wildman–Crippen MR) is 152 cm³/mol. The van der Waals surface area contributed by atoms with E-state index in [1.54, 1.807) is 19.5 Å². The fourth-order valence-electron chi connectivity index (χ4n) is 4.93. The van der Waals surface area contributed by atoms with E-state index in [9.17, 15) is 4.79 Å². The van der Waals surface area contributed by atoms with Crippen molar-refractivity contribution in [1.82, 2.24) is 24.8 Å². The van der Waals surface area contributed by atoms with E-state index in [4.69, 9.17) is 9.72 Å². The fourth-order valence-corrected chi connectivity index (χ4v) is 4.93. The van der Waals surface area contributed by atoms with E-state index in [1.165, 1.54) is 6.42 Å². The summed E-state index contributed by atoms with van der Waals surface area (Å²) in [6.07, 6.45) is 11.6. The molecular weight excluding hydrogens is 480 g/mol. The number of allylic oxidation sites excluding steroid dienone is 1. The predicted octanol–water partition coefficient (Wildman–Crippen LogP) is 4.91. The van der Waals surface area contributed by atoms with Gasteiger partial charge in [-0.3, -0.25) is 14.7 Å². The van der Waals surface area contributed by atoms with Gasteiger partial charge in [0.05, 0.1) is 30.1 Å². The highest BCUT2D eigenvalue weighted by Crippen LogP contribution is 2.32.